The molecule has 0 saturated carbocycles. The first-order chi connectivity index (χ1) is 19.9. The van der Waals surface area contributed by atoms with Crippen molar-refractivity contribution in [3.05, 3.63) is 74.8 Å². The Kier molecular flexibility index (Phi) is 10.7. The molecule has 2 aliphatic heterocycles. The predicted molar refractivity (Wildman–Crippen MR) is 147 cm³/mol. The molecule has 0 fully saturated rings. The summed E-state index contributed by atoms with van der Waals surface area (Å²) in [6.45, 7) is -0.381. The second kappa shape index (κ2) is 12.9. The Hall–Kier alpha value is -2.00. The van der Waals surface area contributed by atoms with Crippen molar-refractivity contribution in [2.24, 2.45) is 0 Å². The minimum Gasteiger partial charge on any atom is -0.744 e. The quantitative estimate of drug-likeness (QED) is 0.183. The second-order valence-corrected chi connectivity index (χ2v) is 13.0. The van der Waals surface area contributed by atoms with Gasteiger partial charge < -0.3 is 31.8 Å². The van der Waals surface area contributed by atoms with Gasteiger partial charge in [0.2, 0.25) is 0 Å². The molecule has 13 nitrogen and oxygen atoms in total. The van der Waals surface area contributed by atoms with Crippen molar-refractivity contribution in [3.8, 4) is 5.69 Å². The number of carboxylic acid groups (broad SMARTS) is 1. The molecular weight excluding hydrogens is 657 g/mol. The summed E-state index contributed by atoms with van der Waals surface area (Å²) >= 11 is 0. The number of benzene rings is 1. The molecule has 20 heteroatoms. The molecule has 2 aromatic heterocycles. The minimum absolute atomic E-state index is 0. The Bertz CT molecular complexity index is 2060. The van der Waals surface area contributed by atoms with Crippen LogP contribution in [-0.4, -0.2) is 73.7 Å². The number of carboxylic acids is 1. The smallest absolute Gasteiger partial charge is 0.744 e. The van der Waals surface area contributed by atoms with Crippen LogP contribution in [-0.2, 0) is 31.5 Å². The van der Waals surface area contributed by atoms with Gasteiger partial charge in [0.05, 0.1) is 28.0 Å². The summed E-state index contributed by atoms with van der Waals surface area (Å²) in [6, 6.07) is 6.17. The van der Waals surface area contributed by atoms with Crippen molar-refractivity contribution in [1.29, 1.82) is 0 Å². The fourth-order valence-corrected chi connectivity index (χ4v) is 7.91. The molecule has 0 bridgehead atoms. The summed E-state index contributed by atoms with van der Waals surface area (Å²) in [5.74, 6) is -0.935. The second-order valence-electron chi connectivity index (χ2n) is 10.3. The van der Waals surface area contributed by atoms with E-state index < -0.39 is 54.4 Å². The average Bonchev–Trinajstić information content (AvgIpc) is 3.52. The maximum absolute atomic E-state index is 16.3. The standard InChI is InChI=1S/C25H26BF2N5O8S2.2Na/c1-13-22-21(17-8-10-19(11-9-17)31-12-18(29-30-31)6-5-7-20(34)35)23-14(2)25(43(39,40)41)16(4)33(23)26(27,28)32(22)15(3)24(13)42(36,37)38;;/h8-12H,5-7H2,1-4H3,(H,34,35)(H,36,37,38)(H,39,40,41);;/q;2*+1/p-2. The van der Waals surface area contributed by atoms with Crippen LogP contribution in [0, 0.1) is 13.8 Å². The number of carbonyl (C=O) groups is 1. The van der Waals surface area contributed by atoms with Crippen LogP contribution in [0.1, 0.15) is 54.9 Å². The zero-order valence-corrected chi connectivity index (χ0v) is 30.8. The van der Waals surface area contributed by atoms with Gasteiger partial charge in [0, 0.05) is 30.3 Å². The molecule has 1 N–H and O–H groups in total. The average molecular weight is 681 g/mol. The van der Waals surface area contributed by atoms with Crippen LogP contribution < -0.4 is 59.1 Å². The van der Waals surface area contributed by atoms with E-state index in [9.17, 15) is 30.7 Å². The first kappa shape index (κ1) is 37.5. The van der Waals surface area contributed by atoms with Crippen molar-refractivity contribution in [2.75, 3.05) is 0 Å². The number of fused-ring (bicyclic) bond motifs is 2. The minimum atomic E-state index is -5.20. The summed E-state index contributed by atoms with van der Waals surface area (Å²) in [5, 5.41) is 16.9. The van der Waals surface area contributed by atoms with E-state index in [1.54, 1.807) is 18.3 Å². The summed E-state index contributed by atoms with van der Waals surface area (Å²) in [4.78, 5) is 9.15. The van der Waals surface area contributed by atoms with Gasteiger partial charge in [-0.1, -0.05) is 17.3 Å². The zero-order chi connectivity index (χ0) is 31.8. The number of aryl methyl sites for hydroxylation is 1. The molecule has 0 aliphatic carbocycles. The van der Waals surface area contributed by atoms with Crippen LogP contribution in [0.4, 0.5) is 8.63 Å². The van der Waals surface area contributed by atoms with Crippen molar-refractivity contribution in [1.82, 2.24) is 19.5 Å². The largest absolute Gasteiger partial charge is 1.00 e. The maximum Gasteiger partial charge on any atom is 1.00 e. The molecule has 228 valence electrons. The number of hydrogen-bond donors (Lipinski definition) is 1. The number of aliphatic carboxylic acids is 1. The summed E-state index contributed by atoms with van der Waals surface area (Å²) in [6.07, 6.45) is 2.30. The normalized spacial score (nSPS) is 15.9. The van der Waals surface area contributed by atoms with E-state index >= 15 is 8.63 Å². The molecule has 0 atom stereocenters. The molecule has 2 aliphatic rings. The number of halogens is 2. The fraction of sp³-hybridized carbons (Fsp3) is 0.280. The van der Waals surface area contributed by atoms with Gasteiger partial charge in [0.15, 0.2) is 5.70 Å². The van der Waals surface area contributed by atoms with E-state index in [2.05, 4.69) is 10.3 Å². The molecule has 0 radical (unpaired) electrons. The number of allylic oxidation sites excluding steroid dienone is 2. The van der Waals surface area contributed by atoms with Gasteiger partial charge in [-0.3, -0.25) is 4.79 Å². The van der Waals surface area contributed by atoms with Gasteiger partial charge in [0.1, 0.15) is 30.9 Å². The van der Waals surface area contributed by atoms with Crippen LogP contribution in [0.5, 0.6) is 0 Å². The van der Waals surface area contributed by atoms with Crippen LogP contribution >= 0.6 is 0 Å². The van der Waals surface area contributed by atoms with Crippen molar-refractivity contribution < 1.29 is 108 Å². The van der Waals surface area contributed by atoms with Crippen LogP contribution in [0.25, 0.3) is 11.3 Å². The van der Waals surface area contributed by atoms with Gasteiger partial charge in [-0.05, 0) is 56.9 Å². The summed E-state index contributed by atoms with van der Waals surface area (Å²) < 4.78 is 108. The van der Waals surface area contributed by atoms with Crippen LogP contribution in [0.3, 0.4) is 0 Å². The number of rotatable bonds is 8. The third-order valence-corrected chi connectivity index (χ3v) is 9.84. The van der Waals surface area contributed by atoms with E-state index in [0.717, 1.165) is 13.8 Å². The van der Waals surface area contributed by atoms with Gasteiger partial charge in [-0.25, -0.2) is 21.5 Å². The molecule has 0 saturated heterocycles. The van der Waals surface area contributed by atoms with E-state index in [1.807, 2.05) is 0 Å². The van der Waals surface area contributed by atoms with Gasteiger partial charge in [0.25, 0.3) is 0 Å². The maximum atomic E-state index is 16.3. The predicted octanol–water partition coefficient (Wildman–Crippen LogP) is -3.69. The monoisotopic (exact) mass is 681 g/mol. The Morgan fingerprint density at radius 2 is 1.62 bits per heavy atom. The molecule has 3 aromatic rings. The molecule has 45 heavy (non-hydrogen) atoms. The van der Waals surface area contributed by atoms with Crippen LogP contribution in [0.15, 0.2) is 51.5 Å². The number of aromatic nitrogens is 4. The molecule has 5 rings (SSSR count). The molecule has 0 unspecified atom stereocenters. The topological polar surface area (TPSA) is 190 Å². The Morgan fingerprint density at radius 1 is 1.02 bits per heavy atom. The summed E-state index contributed by atoms with van der Waals surface area (Å²) in [5.41, 5.74) is -0.847. The molecular formula is C25H24BF2N5Na2O8S2. The third-order valence-electron chi connectivity index (χ3n) is 7.63. The molecule has 1 aromatic carbocycles. The summed E-state index contributed by atoms with van der Waals surface area (Å²) in [7, 11) is -10.4. The van der Waals surface area contributed by atoms with Crippen molar-refractivity contribution >= 4 is 44.5 Å². The molecule has 0 spiro atoms. The van der Waals surface area contributed by atoms with E-state index in [4.69, 9.17) is 5.11 Å². The van der Waals surface area contributed by atoms with Gasteiger partial charge in [-0.15, -0.1) is 5.10 Å². The number of nitrogens with zero attached hydrogens (tertiary/aromatic N) is 5. The zero-order valence-electron chi connectivity index (χ0n) is 25.2. The van der Waals surface area contributed by atoms with Crippen molar-refractivity contribution in [2.45, 2.75) is 51.9 Å². The molecule has 4 heterocycles. The third kappa shape index (κ3) is 6.34. The first-order valence-electron chi connectivity index (χ1n) is 12.9. The van der Waals surface area contributed by atoms with E-state index in [1.165, 1.54) is 30.7 Å². The van der Waals surface area contributed by atoms with Crippen molar-refractivity contribution in [3.63, 3.8) is 0 Å². The van der Waals surface area contributed by atoms with Gasteiger partial charge >= 0.3 is 72.1 Å². The van der Waals surface area contributed by atoms with Crippen LogP contribution in [0.2, 0.25) is 0 Å². The fourth-order valence-electron chi connectivity index (χ4n) is 6.04. The van der Waals surface area contributed by atoms with E-state index in [-0.39, 0.29) is 99.2 Å². The Balaban J connectivity index is 0.00000276. The number of hydrogen-bond acceptors (Lipinski definition) is 9. The molecule has 0 amide bonds. The Morgan fingerprint density at radius 3 is 2.16 bits per heavy atom. The van der Waals surface area contributed by atoms with Gasteiger partial charge in [-0.2, -0.15) is 0 Å². The van der Waals surface area contributed by atoms with E-state index in [0.29, 0.717) is 33.2 Å². The first-order valence-corrected chi connectivity index (χ1v) is 15.7. The SMILES string of the molecule is CC1=C(S(=O)(=O)[O-])C(C)=[N+]2C1=C(c1ccc(-n3cc(CCCC(=O)O)nn3)cc1)c1c(C)c(S(=O)(=O)[O-])c(C)n1[B-]2(F)F.[Na+].[Na+]. The Labute approximate surface area is 301 Å².